The van der Waals surface area contributed by atoms with Gasteiger partial charge in [0.15, 0.2) is 0 Å². The van der Waals surface area contributed by atoms with Crippen LogP contribution in [0.1, 0.15) is 29.8 Å². The van der Waals surface area contributed by atoms with Crippen LogP contribution >= 0.6 is 39.1 Å². The van der Waals surface area contributed by atoms with Crippen molar-refractivity contribution in [3.05, 3.63) is 68.1 Å². The first-order valence-corrected chi connectivity index (χ1v) is 9.67. The molecule has 0 spiro atoms. The van der Waals surface area contributed by atoms with Crippen LogP contribution in [-0.4, -0.2) is 24.1 Å². The number of rotatable bonds is 6. The first-order chi connectivity index (χ1) is 12.8. The summed E-state index contributed by atoms with van der Waals surface area (Å²) >= 11 is 15.3. The molecule has 0 bridgehead atoms. The van der Waals surface area contributed by atoms with Gasteiger partial charge in [0.1, 0.15) is 6.04 Å². The number of hydrogen-bond acceptors (Lipinski definition) is 3. The van der Waals surface area contributed by atoms with E-state index in [1.54, 1.807) is 6.07 Å². The molecule has 0 fully saturated rings. The van der Waals surface area contributed by atoms with Crippen LogP contribution in [-0.2, 0) is 4.79 Å². The van der Waals surface area contributed by atoms with E-state index in [0.717, 1.165) is 10.0 Å². The molecule has 2 aromatic carbocycles. The Labute approximate surface area is 176 Å². The van der Waals surface area contributed by atoms with Crippen LogP contribution in [0.3, 0.4) is 0 Å². The fraction of sp³-hybridized carbons (Fsp3) is 0.211. The van der Waals surface area contributed by atoms with Crippen molar-refractivity contribution in [2.24, 2.45) is 11.0 Å². The standard InChI is InChI=1S/C19H18BrCl2N3O2/c1-11(2)17(24-18(26)15-8-7-14(21)9-16(15)22)19(27)25-23-10-12-3-5-13(20)6-4-12/h3-11,17H,1-2H3,(H,24,26)(H,25,27)/b23-10-. The lowest BCUT2D eigenvalue weighted by molar-refractivity contribution is -0.123. The van der Waals surface area contributed by atoms with Gasteiger partial charge in [0.05, 0.1) is 16.8 Å². The number of halogens is 3. The molecule has 8 heteroatoms. The van der Waals surface area contributed by atoms with Gasteiger partial charge in [-0.3, -0.25) is 9.59 Å². The minimum absolute atomic E-state index is 0.150. The summed E-state index contributed by atoms with van der Waals surface area (Å²) in [5, 5.41) is 7.29. The van der Waals surface area contributed by atoms with Gasteiger partial charge in [-0.1, -0.05) is 65.1 Å². The van der Waals surface area contributed by atoms with Crippen molar-refractivity contribution in [3.63, 3.8) is 0 Å². The predicted octanol–water partition coefficient (Wildman–Crippen LogP) is 4.66. The van der Waals surface area contributed by atoms with Gasteiger partial charge in [-0.2, -0.15) is 5.10 Å². The minimum atomic E-state index is -0.772. The number of hydrogen-bond donors (Lipinski definition) is 2. The molecule has 1 atom stereocenters. The predicted molar refractivity (Wildman–Crippen MR) is 112 cm³/mol. The number of nitrogens with zero attached hydrogens (tertiary/aromatic N) is 1. The van der Waals surface area contributed by atoms with Crippen molar-refractivity contribution >= 4 is 57.2 Å². The maximum atomic E-state index is 12.5. The second-order valence-corrected chi connectivity index (χ2v) is 7.86. The number of benzene rings is 2. The van der Waals surface area contributed by atoms with E-state index in [0.29, 0.717) is 5.02 Å². The largest absolute Gasteiger partial charge is 0.340 e. The number of amides is 2. The van der Waals surface area contributed by atoms with E-state index in [4.69, 9.17) is 23.2 Å². The molecule has 0 aromatic heterocycles. The van der Waals surface area contributed by atoms with Gasteiger partial charge >= 0.3 is 0 Å². The Morgan fingerprint density at radius 2 is 1.78 bits per heavy atom. The maximum Gasteiger partial charge on any atom is 0.262 e. The van der Waals surface area contributed by atoms with Crippen LogP contribution in [0, 0.1) is 5.92 Å². The number of hydrazone groups is 1. The van der Waals surface area contributed by atoms with E-state index < -0.39 is 17.9 Å². The number of nitrogens with one attached hydrogen (secondary N) is 2. The highest BCUT2D eigenvalue weighted by molar-refractivity contribution is 9.10. The summed E-state index contributed by atoms with van der Waals surface area (Å²) in [7, 11) is 0. The monoisotopic (exact) mass is 469 g/mol. The highest BCUT2D eigenvalue weighted by Gasteiger charge is 2.25. The molecule has 2 aromatic rings. The van der Waals surface area contributed by atoms with Crippen molar-refractivity contribution in [3.8, 4) is 0 Å². The average molecular weight is 471 g/mol. The molecule has 2 amide bonds. The SMILES string of the molecule is CC(C)C(NC(=O)c1ccc(Cl)cc1Cl)C(=O)N/N=C\c1ccc(Br)cc1. The van der Waals surface area contributed by atoms with Gasteiger partial charge < -0.3 is 5.32 Å². The summed E-state index contributed by atoms with van der Waals surface area (Å²) in [6, 6.07) is 11.2. The maximum absolute atomic E-state index is 12.5. The molecule has 142 valence electrons. The van der Waals surface area contributed by atoms with Crippen LogP contribution in [0.25, 0.3) is 0 Å². The van der Waals surface area contributed by atoms with Crippen LogP contribution in [0.2, 0.25) is 10.0 Å². The molecule has 0 heterocycles. The van der Waals surface area contributed by atoms with E-state index in [2.05, 4.69) is 31.8 Å². The molecule has 2 rings (SSSR count). The van der Waals surface area contributed by atoms with Crippen molar-refractivity contribution < 1.29 is 9.59 Å². The second-order valence-electron chi connectivity index (χ2n) is 6.11. The van der Waals surface area contributed by atoms with E-state index in [-0.39, 0.29) is 16.5 Å². The second kappa shape index (κ2) is 9.88. The first-order valence-electron chi connectivity index (χ1n) is 8.12. The van der Waals surface area contributed by atoms with Gasteiger partial charge in [0, 0.05) is 9.50 Å². The van der Waals surface area contributed by atoms with Crippen molar-refractivity contribution in [1.29, 1.82) is 0 Å². The molecule has 27 heavy (non-hydrogen) atoms. The Kier molecular flexibility index (Phi) is 7.83. The summed E-state index contributed by atoms with van der Waals surface area (Å²) in [5.74, 6) is -1.03. The van der Waals surface area contributed by atoms with Crippen molar-refractivity contribution in [2.75, 3.05) is 0 Å². The molecule has 0 aliphatic carbocycles. The molecule has 0 saturated carbocycles. The Morgan fingerprint density at radius 3 is 2.37 bits per heavy atom. The lowest BCUT2D eigenvalue weighted by atomic mass is 10.0. The van der Waals surface area contributed by atoms with E-state index in [1.165, 1.54) is 18.3 Å². The topological polar surface area (TPSA) is 70.6 Å². The van der Waals surface area contributed by atoms with Gasteiger partial charge in [-0.15, -0.1) is 0 Å². The summed E-state index contributed by atoms with van der Waals surface area (Å²) in [5.41, 5.74) is 3.54. The molecule has 2 N–H and O–H groups in total. The van der Waals surface area contributed by atoms with Gasteiger partial charge in [-0.05, 0) is 41.8 Å². The highest BCUT2D eigenvalue weighted by atomic mass is 79.9. The summed E-state index contributed by atoms with van der Waals surface area (Å²) in [6.45, 7) is 3.65. The fourth-order valence-corrected chi connectivity index (χ4v) is 2.98. The molecule has 0 radical (unpaired) electrons. The lowest BCUT2D eigenvalue weighted by Crippen LogP contribution is -2.48. The Hall–Kier alpha value is -1.89. The van der Waals surface area contributed by atoms with Crippen molar-refractivity contribution in [1.82, 2.24) is 10.7 Å². The summed E-state index contributed by atoms with van der Waals surface area (Å²) in [4.78, 5) is 24.9. The zero-order valence-corrected chi connectivity index (χ0v) is 17.8. The van der Waals surface area contributed by atoms with Crippen LogP contribution in [0.4, 0.5) is 0 Å². The third-order valence-corrected chi connectivity index (χ3v) is 4.75. The molecule has 5 nitrogen and oxygen atoms in total. The van der Waals surface area contributed by atoms with E-state index >= 15 is 0 Å². The van der Waals surface area contributed by atoms with E-state index in [9.17, 15) is 9.59 Å². The molecule has 1 unspecified atom stereocenters. The highest BCUT2D eigenvalue weighted by Crippen LogP contribution is 2.21. The van der Waals surface area contributed by atoms with Crippen LogP contribution in [0.5, 0.6) is 0 Å². The summed E-state index contributed by atoms with van der Waals surface area (Å²) < 4.78 is 0.951. The Balaban J connectivity index is 2.04. The zero-order valence-electron chi connectivity index (χ0n) is 14.7. The minimum Gasteiger partial charge on any atom is -0.340 e. The first kappa shape index (κ1) is 21.4. The third kappa shape index (κ3) is 6.34. The Morgan fingerprint density at radius 1 is 1.11 bits per heavy atom. The van der Waals surface area contributed by atoms with Gasteiger partial charge in [-0.25, -0.2) is 5.43 Å². The zero-order chi connectivity index (χ0) is 20.0. The average Bonchev–Trinajstić information content (AvgIpc) is 2.60. The third-order valence-electron chi connectivity index (χ3n) is 3.67. The lowest BCUT2D eigenvalue weighted by Gasteiger charge is -2.20. The fourth-order valence-electron chi connectivity index (χ4n) is 2.22. The van der Waals surface area contributed by atoms with E-state index in [1.807, 2.05) is 38.1 Å². The molecule has 0 saturated heterocycles. The quantitative estimate of drug-likeness (QED) is 0.476. The molecule has 0 aliphatic rings. The van der Waals surface area contributed by atoms with Crippen LogP contribution < -0.4 is 10.7 Å². The molecule has 0 aliphatic heterocycles. The van der Waals surface area contributed by atoms with Gasteiger partial charge in [0.25, 0.3) is 11.8 Å². The molecular weight excluding hydrogens is 453 g/mol. The smallest absolute Gasteiger partial charge is 0.262 e. The normalized spacial score (nSPS) is 12.2. The molecular formula is C19H18BrCl2N3O2. The number of carbonyl (C=O) groups excluding carboxylic acids is 2. The van der Waals surface area contributed by atoms with Crippen LogP contribution in [0.15, 0.2) is 52.0 Å². The number of carbonyl (C=O) groups is 2. The Bertz CT molecular complexity index is 855. The summed E-state index contributed by atoms with van der Waals surface area (Å²) in [6.07, 6.45) is 1.53. The van der Waals surface area contributed by atoms with Crippen molar-refractivity contribution in [2.45, 2.75) is 19.9 Å². The van der Waals surface area contributed by atoms with Gasteiger partial charge in [0.2, 0.25) is 0 Å².